The molecule has 6 heteroatoms. The summed E-state index contributed by atoms with van der Waals surface area (Å²) in [6, 6.07) is 5.46. The van der Waals surface area contributed by atoms with Crippen molar-refractivity contribution in [3.05, 3.63) is 35.6 Å². The Morgan fingerprint density at radius 1 is 1.39 bits per heavy atom. The molecule has 0 spiro atoms. The van der Waals surface area contributed by atoms with Gasteiger partial charge in [-0.05, 0) is 24.1 Å². The number of urea groups is 1. The van der Waals surface area contributed by atoms with Crippen LogP contribution in [0.15, 0.2) is 24.3 Å². The van der Waals surface area contributed by atoms with Crippen LogP contribution < -0.4 is 5.32 Å². The van der Waals surface area contributed by atoms with Crippen molar-refractivity contribution < 1.29 is 14.0 Å². The van der Waals surface area contributed by atoms with Crippen LogP contribution in [0, 0.1) is 5.82 Å². The molecule has 2 rings (SSSR count). The fourth-order valence-electron chi connectivity index (χ4n) is 2.76. The molecule has 1 N–H and O–H groups in total. The zero-order valence-electron chi connectivity index (χ0n) is 13.7. The fraction of sp³-hybridized carbons (Fsp3) is 0.529. The number of carbonyl (C=O) groups is 2. The summed E-state index contributed by atoms with van der Waals surface area (Å²) in [6.45, 7) is 3.36. The Kier molecular flexibility index (Phi) is 5.96. The summed E-state index contributed by atoms with van der Waals surface area (Å²) in [7, 11) is 1.77. The SMILES string of the molecule is CCCC[C@@H]1C(=O)N(C)CCN1C(=O)NCc1cccc(F)c1. The summed E-state index contributed by atoms with van der Waals surface area (Å²) in [6.07, 6.45) is 2.55. The number of piperazine rings is 1. The predicted octanol–water partition coefficient (Wildman–Crippen LogP) is 2.37. The summed E-state index contributed by atoms with van der Waals surface area (Å²) in [4.78, 5) is 28.0. The van der Waals surface area contributed by atoms with Crippen LogP contribution in [-0.4, -0.2) is 47.9 Å². The highest BCUT2D eigenvalue weighted by atomic mass is 19.1. The van der Waals surface area contributed by atoms with Gasteiger partial charge in [0, 0.05) is 26.7 Å². The minimum atomic E-state index is -0.402. The number of likely N-dealkylation sites (N-methyl/N-ethyl adjacent to an activating group) is 1. The lowest BCUT2D eigenvalue weighted by Gasteiger charge is -2.39. The van der Waals surface area contributed by atoms with Gasteiger partial charge in [0.25, 0.3) is 0 Å². The Labute approximate surface area is 136 Å². The van der Waals surface area contributed by atoms with E-state index in [0.29, 0.717) is 25.1 Å². The molecule has 0 aliphatic carbocycles. The van der Waals surface area contributed by atoms with Crippen molar-refractivity contribution in [3.8, 4) is 0 Å². The molecule has 1 fully saturated rings. The van der Waals surface area contributed by atoms with Crippen LogP contribution in [0.5, 0.6) is 0 Å². The quantitative estimate of drug-likeness (QED) is 0.905. The van der Waals surface area contributed by atoms with Crippen molar-refractivity contribution in [1.29, 1.82) is 0 Å². The molecule has 0 saturated carbocycles. The average Bonchev–Trinajstić information content (AvgIpc) is 2.54. The molecule has 1 aromatic rings. The number of hydrogen-bond acceptors (Lipinski definition) is 2. The maximum atomic E-state index is 13.2. The molecule has 126 valence electrons. The van der Waals surface area contributed by atoms with Crippen LogP contribution in [0.2, 0.25) is 0 Å². The van der Waals surface area contributed by atoms with Crippen molar-refractivity contribution in [2.75, 3.05) is 20.1 Å². The van der Waals surface area contributed by atoms with Crippen LogP contribution in [-0.2, 0) is 11.3 Å². The summed E-state index contributed by atoms with van der Waals surface area (Å²) < 4.78 is 13.2. The summed E-state index contributed by atoms with van der Waals surface area (Å²) in [5.74, 6) is -0.335. The van der Waals surface area contributed by atoms with E-state index in [1.807, 2.05) is 0 Å². The summed E-state index contributed by atoms with van der Waals surface area (Å²) in [5.41, 5.74) is 0.698. The van der Waals surface area contributed by atoms with Crippen molar-refractivity contribution in [3.63, 3.8) is 0 Å². The zero-order chi connectivity index (χ0) is 16.8. The van der Waals surface area contributed by atoms with Gasteiger partial charge in [-0.1, -0.05) is 31.9 Å². The molecule has 5 nitrogen and oxygen atoms in total. The van der Waals surface area contributed by atoms with Crippen molar-refractivity contribution in [1.82, 2.24) is 15.1 Å². The molecule has 0 unspecified atom stereocenters. The van der Waals surface area contributed by atoms with Crippen LogP contribution >= 0.6 is 0 Å². The first-order chi connectivity index (χ1) is 11.0. The topological polar surface area (TPSA) is 52.7 Å². The highest BCUT2D eigenvalue weighted by Gasteiger charge is 2.35. The molecule has 23 heavy (non-hydrogen) atoms. The molecule has 1 aliphatic rings. The van der Waals surface area contributed by atoms with Crippen LogP contribution in [0.4, 0.5) is 9.18 Å². The van der Waals surface area contributed by atoms with Gasteiger partial charge in [-0.3, -0.25) is 4.79 Å². The number of halogens is 1. The molecule has 1 aromatic carbocycles. The van der Waals surface area contributed by atoms with E-state index < -0.39 is 6.04 Å². The van der Waals surface area contributed by atoms with E-state index in [0.717, 1.165) is 12.8 Å². The van der Waals surface area contributed by atoms with Crippen LogP contribution in [0.3, 0.4) is 0 Å². The van der Waals surface area contributed by atoms with E-state index in [4.69, 9.17) is 0 Å². The average molecular weight is 321 g/mol. The number of benzene rings is 1. The number of nitrogens with zero attached hydrogens (tertiary/aromatic N) is 2. The van der Waals surface area contributed by atoms with Gasteiger partial charge in [-0.2, -0.15) is 0 Å². The van der Waals surface area contributed by atoms with Gasteiger partial charge in [0.15, 0.2) is 0 Å². The minimum Gasteiger partial charge on any atom is -0.342 e. The van der Waals surface area contributed by atoms with Gasteiger partial charge in [-0.15, -0.1) is 0 Å². The normalized spacial score (nSPS) is 18.2. The number of amides is 3. The van der Waals surface area contributed by atoms with Crippen LogP contribution in [0.1, 0.15) is 31.7 Å². The van der Waals surface area contributed by atoms with E-state index in [-0.39, 0.29) is 24.3 Å². The lowest BCUT2D eigenvalue weighted by Crippen LogP contribution is -2.59. The number of carbonyl (C=O) groups excluding carboxylic acids is 2. The van der Waals surface area contributed by atoms with Gasteiger partial charge >= 0.3 is 6.03 Å². The predicted molar refractivity (Wildman–Crippen MR) is 86.3 cm³/mol. The lowest BCUT2D eigenvalue weighted by atomic mass is 10.0. The van der Waals surface area contributed by atoms with E-state index >= 15 is 0 Å². The largest absolute Gasteiger partial charge is 0.342 e. The first-order valence-electron chi connectivity index (χ1n) is 8.06. The highest BCUT2D eigenvalue weighted by molar-refractivity contribution is 5.88. The third-order valence-electron chi connectivity index (χ3n) is 4.14. The van der Waals surface area contributed by atoms with Crippen LogP contribution in [0.25, 0.3) is 0 Å². The van der Waals surface area contributed by atoms with E-state index in [1.54, 1.807) is 29.0 Å². The third kappa shape index (κ3) is 4.43. The monoisotopic (exact) mass is 321 g/mol. The minimum absolute atomic E-state index is 0.00870. The standard InChI is InChI=1S/C17H24FN3O2/c1-3-4-8-15-16(22)20(2)9-10-21(15)17(23)19-12-13-6-5-7-14(18)11-13/h5-7,11,15H,3-4,8-10,12H2,1-2H3,(H,19,23)/t15-/m1/s1. The Hall–Kier alpha value is -2.11. The number of rotatable bonds is 5. The van der Waals surface area contributed by atoms with Gasteiger partial charge in [0.1, 0.15) is 11.9 Å². The van der Waals surface area contributed by atoms with Crippen molar-refractivity contribution in [2.45, 2.75) is 38.8 Å². The summed E-state index contributed by atoms with van der Waals surface area (Å²) >= 11 is 0. The molecule has 3 amide bonds. The van der Waals surface area contributed by atoms with E-state index in [1.165, 1.54) is 12.1 Å². The molecule has 0 bridgehead atoms. The van der Waals surface area contributed by atoms with Gasteiger partial charge in [0.05, 0.1) is 0 Å². The number of hydrogen-bond donors (Lipinski definition) is 1. The Morgan fingerprint density at radius 3 is 2.87 bits per heavy atom. The second-order valence-corrected chi connectivity index (χ2v) is 5.90. The van der Waals surface area contributed by atoms with Gasteiger partial charge in [0.2, 0.25) is 5.91 Å². The Bertz CT molecular complexity index is 565. The molecule has 1 atom stereocenters. The smallest absolute Gasteiger partial charge is 0.318 e. The molecule has 1 aliphatic heterocycles. The number of unbranched alkanes of at least 4 members (excludes halogenated alkanes) is 1. The van der Waals surface area contributed by atoms with Crippen molar-refractivity contribution in [2.24, 2.45) is 0 Å². The van der Waals surface area contributed by atoms with Gasteiger partial charge in [-0.25, -0.2) is 9.18 Å². The molecular formula is C17H24FN3O2. The summed E-state index contributed by atoms with van der Waals surface area (Å²) in [5, 5.41) is 2.79. The third-order valence-corrected chi connectivity index (χ3v) is 4.14. The second kappa shape index (κ2) is 7.94. The van der Waals surface area contributed by atoms with Crippen molar-refractivity contribution >= 4 is 11.9 Å². The number of nitrogens with one attached hydrogen (secondary N) is 1. The van der Waals surface area contributed by atoms with Gasteiger partial charge < -0.3 is 15.1 Å². The molecular weight excluding hydrogens is 297 g/mol. The zero-order valence-corrected chi connectivity index (χ0v) is 13.7. The lowest BCUT2D eigenvalue weighted by molar-refractivity contribution is -0.138. The molecule has 1 heterocycles. The maximum absolute atomic E-state index is 13.2. The first kappa shape index (κ1) is 17.2. The fourth-order valence-corrected chi connectivity index (χ4v) is 2.76. The molecule has 0 aromatic heterocycles. The van der Waals surface area contributed by atoms with E-state index in [2.05, 4.69) is 12.2 Å². The Morgan fingerprint density at radius 2 is 2.17 bits per heavy atom. The Balaban J connectivity index is 1.99. The first-order valence-corrected chi connectivity index (χ1v) is 8.06. The second-order valence-electron chi connectivity index (χ2n) is 5.90. The van der Waals surface area contributed by atoms with E-state index in [9.17, 15) is 14.0 Å². The maximum Gasteiger partial charge on any atom is 0.318 e. The highest BCUT2D eigenvalue weighted by Crippen LogP contribution is 2.16. The molecule has 1 saturated heterocycles. The molecule has 0 radical (unpaired) electrons.